The summed E-state index contributed by atoms with van der Waals surface area (Å²) in [4.78, 5) is 16.4. The molecule has 1 aromatic heterocycles. The molecule has 0 saturated heterocycles. The van der Waals surface area contributed by atoms with Gasteiger partial charge in [-0.3, -0.25) is 4.79 Å². The first-order chi connectivity index (χ1) is 13.3. The minimum atomic E-state index is -4.47. The molecule has 0 saturated carbocycles. The first-order valence-corrected chi connectivity index (χ1v) is 8.55. The highest BCUT2D eigenvalue weighted by Gasteiger charge is 2.30. The van der Waals surface area contributed by atoms with E-state index in [-0.39, 0.29) is 11.3 Å². The average Bonchev–Trinajstić information content (AvgIpc) is 2.66. The summed E-state index contributed by atoms with van der Waals surface area (Å²) < 4.78 is 38.3. The van der Waals surface area contributed by atoms with Gasteiger partial charge in [-0.2, -0.15) is 13.2 Å². The Hall–Kier alpha value is -3.35. The fourth-order valence-electron chi connectivity index (χ4n) is 2.62. The van der Waals surface area contributed by atoms with E-state index in [4.69, 9.17) is 0 Å². The quantitative estimate of drug-likeness (QED) is 0.629. The van der Waals surface area contributed by atoms with Gasteiger partial charge >= 0.3 is 6.18 Å². The minimum Gasteiger partial charge on any atom is -0.366 e. The van der Waals surface area contributed by atoms with Gasteiger partial charge in [-0.15, -0.1) is 0 Å². The molecule has 1 heterocycles. The molecule has 3 aromatic rings. The van der Waals surface area contributed by atoms with E-state index in [1.165, 1.54) is 18.3 Å². The third kappa shape index (κ3) is 5.09. The number of hydrogen-bond donors (Lipinski definition) is 2. The summed E-state index contributed by atoms with van der Waals surface area (Å²) in [5.41, 5.74) is 1.76. The third-order valence-electron chi connectivity index (χ3n) is 4.03. The van der Waals surface area contributed by atoms with Gasteiger partial charge in [-0.05, 0) is 42.8 Å². The lowest BCUT2D eigenvalue weighted by Gasteiger charge is -2.10. The van der Waals surface area contributed by atoms with E-state index in [0.29, 0.717) is 12.4 Å². The molecular weight excluding hydrogens is 367 g/mol. The van der Waals surface area contributed by atoms with Crippen LogP contribution in [0.5, 0.6) is 0 Å². The smallest absolute Gasteiger partial charge is 0.366 e. The SMILES string of the molecule is Cc1cccc(CNc2ccc(C(=O)Nc3cccc(C(F)(F)F)c3)cn2)c1. The maximum absolute atomic E-state index is 12.8. The highest BCUT2D eigenvalue weighted by Crippen LogP contribution is 2.30. The molecule has 0 radical (unpaired) electrons. The van der Waals surface area contributed by atoms with Crippen molar-refractivity contribution in [3.05, 3.63) is 89.1 Å². The molecule has 1 amide bonds. The van der Waals surface area contributed by atoms with Crippen LogP contribution in [-0.4, -0.2) is 10.9 Å². The number of aromatic nitrogens is 1. The molecule has 0 bridgehead atoms. The second-order valence-corrected chi connectivity index (χ2v) is 6.31. The van der Waals surface area contributed by atoms with Crippen molar-refractivity contribution < 1.29 is 18.0 Å². The van der Waals surface area contributed by atoms with Crippen LogP contribution in [-0.2, 0) is 12.7 Å². The van der Waals surface area contributed by atoms with Crippen LogP contribution < -0.4 is 10.6 Å². The molecule has 144 valence electrons. The Kier molecular flexibility index (Phi) is 5.63. The molecule has 2 N–H and O–H groups in total. The zero-order chi connectivity index (χ0) is 20.1. The lowest BCUT2D eigenvalue weighted by atomic mass is 10.1. The Balaban J connectivity index is 1.62. The van der Waals surface area contributed by atoms with Crippen molar-refractivity contribution in [3.63, 3.8) is 0 Å². The zero-order valence-corrected chi connectivity index (χ0v) is 15.0. The van der Waals surface area contributed by atoms with E-state index < -0.39 is 17.6 Å². The predicted molar refractivity (Wildman–Crippen MR) is 102 cm³/mol. The molecular formula is C21H18F3N3O. The summed E-state index contributed by atoms with van der Waals surface area (Å²) in [6, 6.07) is 15.7. The van der Waals surface area contributed by atoms with E-state index in [0.717, 1.165) is 23.3 Å². The van der Waals surface area contributed by atoms with Crippen LogP contribution in [0.25, 0.3) is 0 Å². The van der Waals surface area contributed by atoms with Gasteiger partial charge in [-0.25, -0.2) is 4.98 Å². The number of alkyl halides is 3. The molecule has 28 heavy (non-hydrogen) atoms. The van der Waals surface area contributed by atoms with Crippen molar-refractivity contribution >= 4 is 17.4 Å². The molecule has 0 spiro atoms. The summed E-state index contributed by atoms with van der Waals surface area (Å²) in [5, 5.41) is 5.62. The first-order valence-electron chi connectivity index (χ1n) is 8.55. The number of anilines is 2. The number of nitrogens with zero attached hydrogens (tertiary/aromatic N) is 1. The van der Waals surface area contributed by atoms with Crippen molar-refractivity contribution in [2.24, 2.45) is 0 Å². The second kappa shape index (κ2) is 8.12. The third-order valence-corrected chi connectivity index (χ3v) is 4.03. The van der Waals surface area contributed by atoms with Crippen molar-refractivity contribution in [2.45, 2.75) is 19.6 Å². The highest BCUT2D eigenvalue weighted by molar-refractivity contribution is 6.04. The Bertz CT molecular complexity index is 969. The summed E-state index contributed by atoms with van der Waals surface area (Å²) in [6.07, 6.45) is -3.09. The van der Waals surface area contributed by atoms with Crippen LogP contribution >= 0.6 is 0 Å². The van der Waals surface area contributed by atoms with Gasteiger partial charge in [-0.1, -0.05) is 35.9 Å². The van der Waals surface area contributed by atoms with Crippen LogP contribution in [0, 0.1) is 6.92 Å². The summed E-state index contributed by atoms with van der Waals surface area (Å²) in [6.45, 7) is 2.60. The van der Waals surface area contributed by atoms with Crippen molar-refractivity contribution in [1.29, 1.82) is 0 Å². The number of aryl methyl sites for hydroxylation is 1. The van der Waals surface area contributed by atoms with Crippen molar-refractivity contribution in [2.75, 3.05) is 10.6 Å². The normalized spacial score (nSPS) is 11.1. The van der Waals surface area contributed by atoms with Crippen LogP contribution in [0.2, 0.25) is 0 Å². The van der Waals surface area contributed by atoms with Gasteiger partial charge in [0.2, 0.25) is 0 Å². The number of pyridine rings is 1. The predicted octanol–water partition coefficient (Wildman–Crippen LogP) is 5.27. The molecule has 0 aliphatic rings. The van der Waals surface area contributed by atoms with Crippen LogP contribution in [0.1, 0.15) is 27.0 Å². The van der Waals surface area contributed by atoms with Gasteiger partial charge in [0, 0.05) is 18.4 Å². The van der Waals surface area contributed by atoms with E-state index >= 15 is 0 Å². The lowest BCUT2D eigenvalue weighted by Crippen LogP contribution is -2.13. The fraction of sp³-hybridized carbons (Fsp3) is 0.143. The standard InChI is InChI=1S/C21H18F3N3O/c1-14-4-2-5-15(10-14)12-25-19-9-8-16(13-26-19)20(28)27-18-7-3-6-17(11-18)21(22,23)24/h2-11,13H,12H2,1H3,(H,25,26)(H,27,28). The second-order valence-electron chi connectivity index (χ2n) is 6.31. The van der Waals surface area contributed by atoms with Gasteiger partial charge in [0.25, 0.3) is 5.91 Å². The minimum absolute atomic E-state index is 0.0708. The van der Waals surface area contributed by atoms with Gasteiger partial charge < -0.3 is 10.6 Å². The average molecular weight is 385 g/mol. The number of nitrogens with one attached hydrogen (secondary N) is 2. The van der Waals surface area contributed by atoms with Crippen molar-refractivity contribution in [3.8, 4) is 0 Å². The van der Waals surface area contributed by atoms with Crippen molar-refractivity contribution in [1.82, 2.24) is 4.98 Å². The van der Waals surface area contributed by atoms with Gasteiger partial charge in [0.15, 0.2) is 0 Å². The largest absolute Gasteiger partial charge is 0.416 e. The number of carbonyl (C=O) groups excluding carboxylic acids is 1. The highest BCUT2D eigenvalue weighted by atomic mass is 19.4. The number of amides is 1. The lowest BCUT2D eigenvalue weighted by molar-refractivity contribution is -0.137. The molecule has 2 aromatic carbocycles. The van der Waals surface area contributed by atoms with Crippen LogP contribution in [0.3, 0.4) is 0 Å². The summed E-state index contributed by atoms with van der Waals surface area (Å²) >= 11 is 0. The molecule has 0 fully saturated rings. The Morgan fingerprint density at radius 3 is 2.50 bits per heavy atom. The zero-order valence-electron chi connectivity index (χ0n) is 15.0. The van der Waals surface area contributed by atoms with E-state index in [1.807, 2.05) is 25.1 Å². The number of carbonyl (C=O) groups is 1. The molecule has 4 nitrogen and oxygen atoms in total. The topological polar surface area (TPSA) is 54.0 Å². The first kappa shape index (κ1) is 19.4. The molecule has 3 rings (SSSR count). The van der Waals surface area contributed by atoms with Gasteiger partial charge in [0.1, 0.15) is 5.82 Å². The Morgan fingerprint density at radius 2 is 1.82 bits per heavy atom. The summed E-state index contributed by atoms with van der Waals surface area (Å²) in [5.74, 6) is 0.0641. The monoisotopic (exact) mass is 385 g/mol. The maximum atomic E-state index is 12.8. The van der Waals surface area contributed by atoms with Gasteiger partial charge in [0.05, 0.1) is 11.1 Å². The van der Waals surface area contributed by atoms with Crippen LogP contribution in [0.15, 0.2) is 66.9 Å². The van der Waals surface area contributed by atoms with E-state index in [9.17, 15) is 18.0 Å². The number of benzene rings is 2. The number of halogens is 3. The number of rotatable bonds is 5. The molecule has 0 aliphatic heterocycles. The van der Waals surface area contributed by atoms with E-state index in [1.54, 1.807) is 12.1 Å². The Morgan fingerprint density at radius 1 is 1.04 bits per heavy atom. The molecule has 7 heteroatoms. The Labute approximate surface area is 160 Å². The van der Waals surface area contributed by atoms with Crippen LogP contribution in [0.4, 0.5) is 24.7 Å². The maximum Gasteiger partial charge on any atom is 0.416 e. The molecule has 0 atom stereocenters. The van der Waals surface area contributed by atoms with E-state index in [2.05, 4.69) is 21.7 Å². The molecule has 0 unspecified atom stereocenters. The summed E-state index contributed by atoms with van der Waals surface area (Å²) in [7, 11) is 0. The molecule has 0 aliphatic carbocycles. The fourth-order valence-corrected chi connectivity index (χ4v) is 2.62. The number of hydrogen-bond acceptors (Lipinski definition) is 3.